The zero-order valence-corrected chi connectivity index (χ0v) is 14.8. The van der Waals surface area contributed by atoms with Crippen LogP contribution in [-0.4, -0.2) is 21.2 Å². The molecule has 0 spiro atoms. The van der Waals surface area contributed by atoms with Crippen molar-refractivity contribution in [2.45, 2.75) is 19.2 Å². The second-order valence-electron chi connectivity index (χ2n) is 5.59. The number of hydrogen-bond acceptors (Lipinski definition) is 3. The molecular weight excluding hydrogens is 318 g/mol. The highest BCUT2D eigenvalue weighted by Gasteiger charge is 2.10. The Morgan fingerprint density at radius 2 is 1.92 bits per heavy atom. The maximum absolute atomic E-state index is 12.3. The fourth-order valence-electron chi connectivity index (χ4n) is 2.59. The van der Waals surface area contributed by atoms with E-state index in [4.69, 9.17) is 0 Å². The summed E-state index contributed by atoms with van der Waals surface area (Å²) in [5.41, 5.74) is 3.94. The molecule has 3 aromatic rings. The number of nitrogens with zero attached hydrogens (tertiary/aromatic N) is 2. The maximum Gasteiger partial charge on any atom is 0.251 e. The molecule has 0 saturated carbocycles. The van der Waals surface area contributed by atoms with E-state index >= 15 is 0 Å². The second-order valence-corrected chi connectivity index (χ2v) is 6.87. The number of carbonyl (C=O) groups excluding carboxylic acids is 1. The number of rotatable bonds is 6. The number of carbonyl (C=O) groups is 1. The van der Waals surface area contributed by atoms with E-state index in [0.717, 1.165) is 28.4 Å². The van der Waals surface area contributed by atoms with Crippen LogP contribution in [0.15, 0.2) is 48.5 Å². The van der Waals surface area contributed by atoms with E-state index in [1.54, 1.807) is 0 Å². The van der Waals surface area contributed by atoms with Crippen LogP contribution in [-0.2, 0) is 19.3 Å². The molecule has 0 bridgehead atoms. The van der Waals surface area contributed by atoms with Crippen LogP contribution in [0.1, 0.15) is 28.7 Å². The first kappa shape index (κ1) is 16.6. The van der Waals surface area contributed by atoms with Crippen molar-refractivity contribution in [1.82, 2.24) is 14.9 Å². The topological polar surface area (TPSA) is 46.9 Å². The summed E-state index contributed by atoms with van der Waals surface area (Å²) in [4.78, 5) is 16.9. The van der Waals surface area contributed by atoms with E-state index in [2.05, 4.69) is 17.2 Å². The van der Waals surface area contributed by atoms with Gasteiger partial charge in [-0.1, -0.05) is 31.2 Å². The summed E-state index contributed by atoms with van der Waals surface area (Å²) in [6, 6.07) is 15.8. The Bertz CT molecular complexity index is 839. The molecule has 0 aliphatic heterocycles. The molecular formula is C19H21N3OS. The molecule has 0 saturated heterocycles. The minimum Gasteiger partial charge on any atom is -0.345 e. The molecule has 0 radical (unpaired) electrons. The lowest BCUT2D eigenvalue weighted by Gasteiger charge is -2.07. The fourth-order valence-corrected chi connectivity index (χ4v) is 3.22. The lowest BCUT2D eigenvalue weighted by molar-refractivity contribution is 0.0949. The number of hydrogen-bond donors (Lipinski definition) is 1. The fraction of sp³-hybridized carbons (Fsp3) is 0.263. The number of thioether (sulfide) groups is 1. The number of aryl methyl sites for hydroxylation is 1. The minimum atomic E-state index is -0.0725. The van der Waals surface area contributed by atoms with Gasteiger partial charge < -0.3 is 9.88 Å². The predicted octanol–water partition coefficient (Wildman–Crippen LogP) is 3.76. The van der Waals surface area contributed by atoms with Crippen molar-refractivity contribution in [3.05, 3.63) is 65.5 Å². The van der Waals surface area contributed by atoms with E-state index in [9.17, 15) is 4.79 Å². The molecule has 0 aliphatic rings. The molecule has 124 valence electrons. The van der Waals surface area contributed by atoms with Gasteiger partial charge in [0.15, 0.2) is 0 Å². The van der Waals surface area contributed by atoms with Gasteiger partial charge in [-0.05, 0) is 35.6 Å². The highest BCUT2D eigenvalue weighted by molar-refractivity contribution is 7.98. The highest BCUT2D eigenvalue weighted by Crippen LogP contribution is 2.15. The number of fused-ring (bicyclic) bond motifs is 1. The van der Waals surface area contributed by atoms with Gasteiger partial charge in [0, 0.05) is 18.4 Å². The normalized spacial score (nSPS) is 10.9. The first-order valence-electron chi connectivity index (χ1n) is 8.04. The molecule has 0 atom stereocenters. The quantitative estimate of drug-likeness (QED) is 0.744. The molecule has 0 aliphatic carbocycles. The van der Waals surface area contributed by atoms with Crippen molar-refractivity contribution in [1.29, 1.82) is 0 Å². The first-order chi connectivity index (χ1) is 11.7. The zero-order chi connectivity index (χ0) is 16.9. The smallest absolute Gasteiger partial charge is 0.251 e. The summed E-state index contributed by atoms with van der Waals surface area (Å²) in [5.74, 6) is 2.86. The van der Waals surface area contributed by atoms with E-state index in [1.165, 1.54) is 5.56 Å². The Kier molecular flexibility index (Phi) is 5.20. The lowest BCUT2D eigenvalue weighted by Crippen LogP contribution is -2.24. The standard InChI is InChI=1S/C19H21N3OS/c1-3-24-13-14-8-10-15(11-9-14)19(23)20-12-18-21-16-6-4-5-7-17(16)22(18)2/h4-11H,3,12-13H2,1-2H3,(H,20,23). The second kappa shape index (κ2) is 7.53. The average Bonchev–Trinajstić information content (AvgIpc) is 2.94. The van der Waals surface area contributed by atoms with Gasteiger partial charge >= 0.3 is 0 Å². The van der Waals surface area contributed by atoms with Crippen LogP contribution < -0.4 is 5.32 Å². The molecule has 2 aromatic carbocycles. The molecule has 1 amide bonds. The average molecular weight is 339 g/mol. The summed E-state index contributed by atoms with van der Waals surface area (Å²) < 4.78 is 2.01. The Hall–Kier alpha value is -2.27. The number of aromatic nitrogens is 2. The van der Waals surface area contributed by atoms with E-state index in [1.807, 2.05) is 71.9 Å². The molecule has 1 N–H and O–H groups in total. The Labute approximate surface area is 146 Å². The summed E-state index contributed by atoms with van der Waals surface area (Å²) in [6.45, 7) is 2.56. The van der Waals surface area contributed by atoms with Crippen LogP contribution in [0.5, 0.6) is 0 Å². The first-order valence-corrected chi connectivity index (χ1v) is 9.19. The largest absolute Gasteiger partial charge is 0.345 e. The van der Waals surface area contributed by atoms with Crippen LogP contribution in [0.4, 0.5) is 0 Å². The number of benzene rings is 2. The molecule has 4 nitrogen and oxygen atoms in total. The number of amides is 1. The van der Waals surface area contributed by atoms with Crippen LogP contribution in [0.25, 0.3) is 11.0 Å². The third-order valence-electron chi connectivity index (χ3n) is 3.98. The van der Waals surface area contributed by atoms with Gasteiger partial charge in [-0.15, -0.1) is 0 Å². The predicted molar refractivity (Wildman–Crippen MR) is 100 cm³/mol. The van der Waals surface area contributed by atoms with Gasteiger partial charge in [0.2, 0.25) is 0 Å². The van der Waals surface area contributed by atoms with Crippen molar-refractivity contribution in [3.63, 3.8) is 0 Å². The SMILES string of the molecule is CCSCc1ccc(C(=O)NCc2nc3ccccc3n2C)cc1. The molecule has 3 rings (SSSR count). The van der Waals surface area contributed by atoms with Crippen molar-refractivity contribution in [2.75, 3.05) is 5.75 Å². The molecule has 24 heavy (non-hydrogen) atoms. The van der Waals surface area contributed by atoms with Gasteiger partial charge in [-0.3, -0.25) is 4.79 Å². The molecule has 5 heteroatoms. The van der Waals surface area contributed by atoms with Gasteiger partial charge in [-0.25, -0.2) is 4.98 Å². The summed E-state index contributed by atoms with van der Waals surface area (Å²) in [5, 5.41) is 2.95. The van der Waals surface area contributed by atoms with Gasteiger partial charge in [-0.2, -0.15) is 11.8 Å². The number of para-hydroxylation sites is 2. The Morgan fingerprint density at radius 3 is 2.62 bits per heavy atom. The van der Waals surface area contributed by atoms with Crippen LogP contribution >= 0.6 is 11.8 Å². The third kappa shape index (κ3) is 3.62. The van der Waals surface area contributed by atoms with E-state index < -0.39 is 0 Å². The molecule has 0 unspecified atom stereocenters. The van der Waals surface area contributed by atoms with Crippen molar-refractivity contribution in [3.8, 4) is 0 Å². The van der Waals surface area contributed by atoms with Gasteiger partial charge in [0.1, 0.15) is 5.82 Å². The van der Waals surface area contributed by atoms with Crippen LogP contribution in [0.3, 0.4) is 0 Å². The third-order valence-corrected chi connectivity index (χ3v) is 4.92. The molecule has 1 heterocycles. The van der Waals surface area contributed by atoms with Crippen LogP contribution in [0.2, 0.25) is 0 Å². The van der Waals surface area contributed by atoms with Crippen molar-refractivity contribution < 1.29 is 4.79 Å². The van der Waals surface area contributed by atoms with E-state index in [-0.39, 0.29) is 5.91 Å². The monoisotopic (exact) mass is 339 g/mol. The molecule has 0 fully saturated rings. The maximum atomic E-state index is 12.3. The number of imidazole rings is 1. The summed E-state index contributed by atoms with van der Waals surface area (Å²) in [6.07, 6.45) is 0. The van der Waals surface area contributed by atoms with E-state index in [0.29, 0.717) is 12.1 Å². The van der Waals surface area contributed by atoms with Gasteiger partial charge in [0.25, 0.3) is 5.91 Å². The summed E-state index contributed by atoms with van der Waals surface area (Å²) >= 11 is 1.87. The van der Waals surface area contributed by atoms with Gasteiger partial charge in [0.05, 0.1) is 17.6 Å². The number of nitrogens with one attached hydrogen (secondary N) is 1. The lowest BCUT2D eigenvalue weighted by atomic mass is 10.1. The molecule has 1 aromatic heterocycles. The van der Waals surface area contributed by atoms with Crippen molar-refractivity contribution >= 4 is 28.7 Å². The Morgan fingerprint density at radius 1 is 1.17 bits per heavy atom. The zero-order valence-electron chi connectivity index (χ0n) is 14.0. The van der Waals surface area contributed by atoms with Crippen molar-refractivity contribution in [2.24, 2.45) is 7.05 Å². The Balaban J connectivity index is 1.65. The highest BCUT2D eigenvalue weighted by atomic mass is 32.2. The summed E-state index contributed by atoms with van der Waals surface area (Å²) in [7, 11) is 1.97. The van der Waals surface area contributed by atoms with Crippen LogP contribution in [0, 0.1) is 0 Å². The minimum absolute atomic E-state index is 0.0725.